The molecule has 0 spiro atoms. The molecule has 0 fully saturated rings. The molecule has 3 nitrogen and oxygen atoms in total. The molecular formula is C22H30N2O. The Hall–Kier alpha value is -2.16. The van der Waals surface area contributed by atoms with Crippen molar-refractivity contribution in [2.75, 3.05) is 0 Å². The molecule has 0 bridgehead atoms. The van der Waals surface area contributed by atoms with Crippen LogP contribution in [-0.4, -0.2) is 4.86 Å². The van der Waals surface area contributed by atoms with Crippen molar-refractivity contribution < 1.29 is 4.86 Å². The molecule has 3 heteroatoms. The Morgan fingerprint density at radius 1 is 0.800 bits per heavy atom. The lowest BCUT2D eigenvalue weighted by Crippen LogP contribution is -1.90. The fourth-order valence-electron chi connectivity index (χ4n) is 2.85. The van der Waals surface area contributed by atoms with Gasteiger partial charge in [-0.1, -0.05) is 80.1 Å². The van der Waals surface area contributed by atoms with Crippen LogP contribution in [0, 0.1) is 12.1 Å². The Labute approximate surface area is 152 Å². The van der Waals surface area contributed by atoms with Gasteiger partial charge in [-0.05, 0) is 37.5 Å². The van der Waals surface area contributed by atoms with Crippen molar-refractivity contribution in [3.8, 4) is 0 Å². The number of unbranched alkanes of at least 4 members (excludes halogenated alkanes) is 6. The van der Waals surface area contributed by atoms with E-state index in [1.54, 1.807) is 12.1 Å². The first-order valence-electron chi connectivity index (χ1n) is 9.53. The molecule has 0 saturated heterocycles. The van der Waals surface area contributed by atoms with Crippen LogP contribution in [-0.2, 0) is 6.42 Å². The number of azo groups is 1. The van der Waals surface area contributed by atoms with Gasteiger partial charge in [0.25, 0.3) is 0 Å². The largest absolute Gasteiger partial charge is 0.594 e. The zero-order chi connectivity index (χ0) is 17.9. The topological polar surface area (TPSA) is 38.4 Å². The Balaban J connectivity index is 1.79. The van der Waals surface area contributed by atoms with Gasteiger partial charge in [0.2, 0.25) is 5.69 Å². The van der Waals surface area contributed by atoms with E-state index in [4.69, 9.17) is 0 Å². The van der Waals surface area contributed by atoms with Gasteiger partial charge in [-0.2, -0.15) is 0 Å². The molecule has 0 aromatic heterocycles. The molecule has 0 N–H and O–H groups in total. The SMILES string of the molecule is CCCCCCCCCc1ccc(N=[N+]([O-])c2ccc(C)cc2)cc1. The second-order valence-corrected chi connectivity index (χ2v) is 6.75. The molecule has 0 unspecified atom stereocenters. The zero-order valence-corrected chi connectivity index (χ0v) is 15.6. The summed E-state index contributed by atoms with van der Waals surface area (Å²) >= 11 is 0. The van der Waals surface area contributed by atoms with Crippen LogP contribution in [0.5, 0.6) is 0 Å². The summed E-state index contributed by atoms with van der Waals surface area (Å²) in [7, 11) is 0. The first-order valence-corrected chi connectivity index (χ1v) is 9.53. The summed E-state index contributed by atoms with van der Waals surface area (Å²) < 4.78 is 0. The summed E-state index contributed by atoms with van der Waals surface area (Å²) in [6, 6.07) is 15.4. The van der Waals surface area contributed by atoms with Crippen LogP contribution in [0.4, 0.5) is 11.4 Å². The Morgan fingerprint density at radius 3 is 2.04 bits per heavy atom. The Kier molecular flexibility index (Phi) is 8.17. The van der Waals surface area contributed by atoms with E-state index in [2.05, 4.69) is 24.2 Å². The molecule has 2 rings (SSSR count). The first kappa shape index (κ1) is 19.2. The second-order valence-electron chi connectivity index (χ2n) is 6.75. The molecule has 0 aliphatic heterocycles. The van der Waals surface area contributed by atoms with E-state index in [0.717, 1.165) is 12.0 Å². The number of aryl methyl sites for hydroxylation is 2. The van der Waals surface area contributed by atoms with Crippen LogP contribution >= 0.6 is 0 Å². The minimum absolute atomic E-state index is 0.553. The predicted octanol–water partition coefficient (Wildman–Crippen LogP) is 7.21. The number of nitrogens with zero attached hydrogens (tertiary/aromatic N) is 2. The maximum absolute atomic E-state index is 12.1. The van der Waals surface area contributed by atoms with E-state index in [1.165, 1.54) is 50.5 Å². The highest BCUT2D eigenvalue weighted by atomic mass is 16.5. The Morgan fingerprint density at radius 2 is 1.40 bits per heavy atom. The van der Waals surface area contributed by atoms with Crippen molar-refractivity contribution in [3.63, 3.8) is 0 Å². The molecule has 0 aliphatic carbocycles. The third kappa shape index (κ3) is 7.08. The van der Waals surface area contributed by atoms with Crippen LogP contribution in [0.3, 0.4) is 0 Å². The van der Waals surface area contributed by atoms with Crippen molar-refractivity contribution in [2.45, 2.75) is 65.2 Å². The minimum atomic E-state index is 0.553. The van der Waals surface area contributed by atoms with Crippen molar-refractivity contribution in [1.82, 2.24) is 0 Å². The monoisotopic (exact) mass is 338 g/mol. The smallest absolute Gasteiger partial charge is 0.244 e. The van der Waals surface area contributed by atoms with Gasteiger partial charge in [-0.15, -0.1) is 0 Å². The summed E-state index contributed by atoms with van der Waals surface area (Å²) in [4.78, 5) is 0.685. The van der Waals surface area contributed by atoms with Crippen molar-refractivity contribution in [3.05, 3.63) is 64.9 Å². The highest BCUT2D eigenvalue weighted by Gasteiger charge is 2.03. The van der Waals surface area contributed by atoms with Gasteiger partial charge >= 0.3 is 0 Å². The van der Waals surface area contributed by atoms with Gasteiger partial charge < -0.3 is 5.21 Å². The normalized spacial score (nSPS) is 11.7. The maximum atomic E-state index is 12.1. The van der Waals surface area contributed by atoms with Gasteiger partial charge in [-0.3, -0.25) is 0 Å². The average molecular weight is 338 g/mol. The molecule has 2 aromatic rings. The van der Waals surface area contributed by atoms with Gasteiger partial charge in [0.1, 0.15) is 5.69 Å². The molecule has 0 atom stereocenters. The quantitative estimate of drug-likeness (QED) is 0.195. The zero-order valence-electron chi connectivity index (χ0n) is 15.6. The molecule has 2 aromatic carbocycles. The minimum Gasteiger partial charge on any atom is -0.594 e. The number of hydrogen-bond acceptors (Lipinski definition) is 2. The lowest BCUT2D eigenvalue weighted by Gasteiger charge is -2.03. The third-order valence-electron chi connectivity index (χ3n) is 4.47. The summed E-state index contributed by atoms with van der Waals surface area (Å²) in [6.45, 7) is 4.25. The van der Waals surface area contributed by atoms with E-state index < -0.39 is 0 Å². The van der Waals surface area contributed by atoms with Gasteiger partial charge in [0.05, 0.1) is 0 Å². The lowest BCUT2D eigenvalue weighted by atomic mass is 10.0. The lowest BCUT2D eigenvalue weighted by molar-refractivity contribution is -0.435. The summed E-state index contributed by atoms with van der Waals surface area (Å²) in [6.07, 6.45) is 10.4. The molecule has 134 valence electrons. The molecule has 0 aliphatic rings. The van der Waals surface area contributed by atoms with Crippen LogP contribution in [0.25, 0.3) is 0 Å². The van der Waals surface area contributed by atoms with E-state index >= 15 is 0 Å². The van der Waals surface area contributed by atoms with Crippen LogP contribution < -0.4 is 0 Å². The van der Waals surface area contributed by atoms with Crippen molar-refractivity contribution in [1.29, 1.82) is 0 Å². The van der Waals surface area contributed by atoms with Crippen molar-refractivity contribution >= 4 is 11.4 Å². The standard InChI is InChI=1S/C22H30N2O/c1-3-4-5-6-7-8-9-10-20-13-15-21(16-14-20)23-24(25)22-17-11-19(2)12-18-22/h11-18H,3-10H2,1-2H3. The Bertz CT molecular complexity index is 645. The maximum Gasteiger partial charge on any atom is 0.244 e. The molecule has 25 heavy (non-hydrogen) atoms. The third-order valence-corrected chi connectivity index (χ3v) is 4.47. The molecule has 0 radical (unpaired) electrons. The molecular weight excluding hydrogens is 308 g/mol. The predicted molar refractivity (Wildman–Crippen MR) is 105 cm³/mol. The first-order chi connectivity index (χ1) is 12.2. The highest BCUT2D eigenvalue weighted by molar-refractivity contribution is 5.38. The second kappa shape index (κ2) is 10.7. The summed E-state index contributed by atoms with van der Waals surface area (Å²) in [5.74, 6) is 0. The van der Waals surface area contributed by atoms with Crippen LogP contribution in [0.1, 0.15) is 63.0 Å². The van der Waals surface area contributed by atoms with Gasteiger partial charge in [0, 0.05) is 17.2 Å². The molecule has 0 heterocycles. The van der Waals surface area contributed by atoms with Crippen molar-refractivity contribution in [2.24, 2.45) is 5.11 Å². The highest BCUT2D eigenvalue weighted by Crippen LogP contribution is 2.19. The van der Waals surface area contributed by atoms with Gasteiger partial charge in [0.15, 0.2) is 0 Å². The molecule has 0 amide bonds. The summed E-state index contributed by atoms with van der Waals surface area (Å²) in [5.41, 5.74) is 3.70. The van der Waals surface area contributed by atoms with Crippen LogP contribution in [0.2, 0.25) is 0 Å². The van der Waals surface area contributed by atoms with Crippen LogP contribution in [0.15, 0.2) is 53.6 Å². The van der Waals surface area contributed by atoms with Gasteiger partial charge in [-0.25, -0.2) is 0 Å². The van der Waals surface area contributed by atoms with E-state index in [1.807, 2.05) is 31.2 Å². The number of hydrogen-bond donors (Lipinski definition) is 0. The summed E-state index contributed by atoms with van der Waals surface area (Å²) in [5, 5.41) is 16.2. The van der Waals surface area contributed by atoms with E-state index in [-0.39, 0.29) is 0 Å². The fraction of sp³-hybridized carbons (Fsp3) is 0.455. The number of benzene rings is 2. The van der Waals surface area contributed by atoms with E-state index in [9.17, 15) is 5.21 Å². The fourth-order valence-corrected chi connectivity index (χ4v) is 2.85. The average Bonchev–Trinajstić information content (AvgIpc) is 2.63. The number of rotatable bonds is 10. The molecule has 0 saturated carbocycles. The van der Waals surface area contributed by atoms with E-state index in [0.29, 0.717) is 16.2 Å².